The molecule has 2 heteroatoms. The summed E-state index contributed by atoms with van der Waals surface area (Å²) in [6.45, 7) is 2.11. The van der Waals surface area contributed by atoms with Crippen LogP contribution in [0.15, 0.2) is 22.7 Å². The molecule has 0 amide bonds. The minimum Gasteiger partial charge on any atom is -0.123 e. The molecule has 0 spiro atoms. The van der Waals surface area contributed by atoms with Crippen molar-refractivity contribution < 1.29 is 0 Å². The normalized spacial score (nSPS) is 22.9. The Morgan fingerprint density at radius 3 is 2.93 bits per heavy atom. The van der Waals surface area contributed by atoms with Crippen LogP contribution < -0.4 is 0 Å². The lowest BCUT2D eigenvalue weighted by molar-refractivity contribution is 0.451. The van der Waals surface area contributed by atoms with E-state index >= 15 is 0 Å². The van der Waals surface area contributed by atoms with Gasteiger partial charge in [0.1, 0.15) is 0 Å². The van der Waals surface area contributed by atoms with Crippen LogP contribution in [-0.2, 0) is 12.8 Å². The van der Waals surface area contributed by atoms with Crippen LogP contribution in [0.5, 0.6) is 0 Å². The van der Waals surface area contributed by atoms with Gasteiger partial charge in [-0.05, 0) is 55.4 Å². The number of fused-ring (bicyclic) bond motifs is 1. The molecule has 0 bridgehead atoms. The lowest BCUT2D eigenvalue weighted by atomic mass is 9.82. The molecule has 0 saturated heterocycles. The van der Waals surface area contributed by atoms with E-state index in [1.54, 1.807) is 0 Å². The van der Waals surface area contributed by atoms with Crippen molar-refractivity contribution >= 4 is 27.5 Å². The molecule has 0 radical (unpaired) electrons. The SMILES string of the molecule is CC(Cl)C1CCc2cc(Br)ccc2C1. The van der Waals surface area contributed by atoms with Gasteiger partial charge >= 0.3 is 0 Å². The first-order valence-corrected chi connectivity index (χ1v) is 6.31. The van der Waals surface area contributed by atoms with Gasteiger partial charge in [-0.15, -0.1) is 11.6 Å². The monoisotopic (exact) mass is 272 g/mol. The Kier molecular flexibility index (Phi) is 3.18. The molecule has 0 aliphatic heterocycles. The number of hydrogen-bond acceptors (Lipinski definition) is 0. The smallest absolute Gasteiger partial charge is 0.0339 e. The minimum absolute atomic E-state index is 0.298. The van der Waals surface area contributed by atoms with Crippen molar-refractivity contribution in [2.45, 2.75) is 31.6 Å². The molecule has 1 aliphatic carbocycles. The maximum absolute atomic E-state index is 6.15. The van der Waals surface area contributed by atoms with E-state index in [1.165, 1.54) is 28.4 Å². The predicted octanol–water partition coefficient (Wildman–Crippen LogP) is 4.18. The quantitative estimate of drug-likeness (QED) is 0.673. The average Bonchev–Trinajstić information content (AvgIpc) is 2.16. The standard InChI is InChI=1S/C12H14BrCl/c1-8(14)9-2-3-11-7-12(13)5-4-10(11)6-9/h4-5,7-9H,2-3,6H2,1H3. The molecule has 0 fully saturated rings. The van der Waals surface area contributed by atoms with E-state index in [2.05, 4.69) is 41.1 Å². The fraction of sp³-hybridized carbons (Fsp3) is 0.500. The highest BCUT2D eigenvalue weighted by molar-refractivity contribution is 9.10. The molecule has 2 atom stereocenters. The van der Waals surface area contributed by atoms with E-state index in [4.69, 9.17) is 11.6 Å². The van der Waals surface area contributed by atoms with E-state index in [0.29, 0.717) is 11.3 Å². The third-order valence-corrected chi connectivity index (χ3v) is 3.93. The zero-order valence-electron chi connectivity index (χ0n) is 8.26. The Morgan fingerprint density at radius 1 is 1.43 bits per heavy atom. The van der Waals surface area contributed by atoms with Crippen LogP contribution in [0.1, 0.15) is 24.5 Å². The zero-order chi connectivity index (χ0) is 10.1. The van der Waals surface area contributed by atoms with Gasteiger partial charge in [-0.2, -0.15) is 0 Å². The average molecular weight is 274 g/mol. The van der Waals surface area contributed by atoms with Crippen LogP contribution in [0, 0.1) is 5.92 Å². The van der Waals surface area contributed by atoms with Gasteiger partial charge in [0.2, 0.25) is 0 Å². The summed E-state index contributed by atoms with van der Waals surface area (Å²) in [5.74, 6) is 0.658. The first kappa shape index (κ1) is 10.5. The van der Waals surface area contributed by atoms with Gasteiger partial charge in [-0.3, -0.25) is 0 Å². The third-order valence-electron chi connectivity index (χ3n) is 3.08. The number of rotatable bonds is 1. The summed E-state index contributed by atoms with van der Waals surface area (Å²) >= 11 is 9.65. The number of halogens is 2. The van der Waals surface area contributed by atoms with Crippen LogP contribution in [0.2, 0.25) is 0 Å². The Balaban J connectivity index is 2.23. The van der Waals surface area contributed by atoms with Crippen LogP contribution >= 0.6 is 27.5 Å². The summed E-state index contributed by atoms with van der Waals surface area (Å²) in [5.41, 5.74) is 2.98. The second kappa shape index (κ2) is 4.24. The van der Waals surface area contributed by atoms with Crippen LogP contribution in [0.4, 0.5) is 0 Å². The molecule has 1 aromatic rings. The third kappa shape index (κ3) is 2.14. The van der Waals surface area contributed by atoms with Crippen molar-refractivity contribution in [2.75, 3.05) is 0 Å². The second-order valence-electron chi connectivity index (χ2n) is 4.09. The maximum Gasteiger partial charge on any atom is 0.0339 e. The van der Waals surface area contributed by atoms with E-state index < -0.39 is 0 Å². The van der Waals surface area contributed by atoms with Gasteiger partial charge in [0.15, 0.2) is 0 Å². The molecule has 0 heterocycles. The summed E-state index contributed by atoms with van der Waals surface area (Å²) in [6, 6.07) is 6.59. The van der Waals surface area contributed by atoms with Gasteiger partial charge in [0.05, 0.1) is 0 Å². The second-order valence-corrected chi connectivity index (χ2v) is 5.70. The lowest BCUT2D eigenvalue weighted by Gasteiger charge is -2.26. The summed E-state index contributed by atoms with van der Waals surface area (Å²) in [6.07, 6.45) is 3.55. The molecule has 1 aromatic carbocycles. The maximum atomic E-state index is 6.15. The topological polar surface area (TPSA) is 0 Å². The van der Waals surface area contributed by atoms with E-state index in [9.17, 15) is 0 Å². The van der Waals surface area contributed by atoms with Gasteiger partial charge in [-0.1, -0.05) is 22.0 Å². The molecule has 0 nitrogen and oxygen atoms in total. The Morgan fingerprint density at radius 2 is 2.21 bits per heavy atom. The fourth-order valence-electron chi connectivity index (χ4n) is 2.14. The Hall–Kier alpha value is -0.0100. The first-order chi connectivity index (χ1) is 6.66. The molecule has 0 N–H and O–H groups in total. The van der Waals surface area contributed by atoms with Crippen LogP contribution in [0.3, 0.4) is 0 Å². The van der Waals surface area contributed by atoms with Gasteiger partial charge in [0, 0.05) is 9.85 Å². The molecular weight excluding hydrogens is 259 g/mol. The van der Waals surface area contributed by atoms with Crippen molar-refractivity contribution in [3.8, 4) is 0 Å². The molecule has 2 rings (SSSR count). The predicted molar refractivity (Wildman–Crippen MR) is 65.0 cm³/mol. The number of benzene rings is 1. The summed E-state index contributed by atoms with van der Waals surface area (Å²) in [7, 11) is 0. The van der Waals surface area contributed by atoms with Crippen molar-refractivity contribution in [3.05, 3.63) is 33.8 Å². The van der Waals surface area contributed by atoms with Gasteiger partial charge in [0.25, 0.3) is 0 Å². The molecule has 1 aliphatic rings. The first-order valence-electron chi connectivity index (χ1n) is 5.08. The number of alkyl halides is 1. The van der Waals surface area contributed by atoms with Gasteiger partial charge in [-0.25, -0.2) is 0 Å². The van der Waals surface area contributed by atoms with Crippen molar-refractivity contribution in [2.24, 2.45) is 5.92 Å². The molecule has 0 aromatic heterocycles. The molecular formula is C12H14BrCl. The summed E-state index contributed by atoms with van der Waals surface area (Å²) in [5, 5.41) is 0.298. The largest absolute Gasteiger partial charge is 0.123 e. The van der Waals surface area contributed by atoms with E-state index in [1.807, 2.05) is 0 Å². The minimum atomic E-state index is 0.298. The number of hydrogen-bond donors (Lipinski definition) is 0. The number of aryl methyl sites for hydroxylation is 1. The lowest BCUT2D eigenvalue weighted by Crippen LogP contribution is -2.20. The van der Waals surface area contributed by atoms with Crippen LogP contribution in [0.25, 0.3) is 0 Å². The summed E-state index contributed by atoms with van der Waals surface area (Å²) < 4.78 is 1.19. The highest BCUT2D eigenvalue weighted by Gasteiger charge is 2.21. The highest BCUT2D eigenvalue weighted by atomic mass is 79.9. The van der Waals surface area contributed by atoms with Crippen molar-refractivity contribution in [3.63, 3.8) is 0 Å². The van der Waals surface area contributed by atoms with Gasteiger partial charge < -0.3 is 0 Å². The van der Waals surface area contributed by atoms with E-state index in [0.717, 1.165) is 6.42 Å². The van der Waals surface area contributed by atoms with Crippen LogP contribution in [-0.4, -0.2) is 5.38 Å². The molecule has 2 unspecified atom stereocenters. The molecule has 14 heavy (non-hydrogen) atoms. The fourth-order valence-corrected chi connectivity index (χ4v) is 2.77. The zero-order valence-corrected chi connectivity index (χ0v) is 10.6. The highest BCUT2D eigenvalue weighted by Crippen LogP contribution is 2.31. The molecule has 76 valence electrons. The van der Waals surface area contributed by atoms with E-state index in [-0.39, 0.29) is 0 Å². The summed E-state index contributed by atoms with van der Waals surface area (Å²) in [4.78, 5) is 0. The van der Waals surface area contributed by atoms with Crippen molar-refractivity contribution in [1.29, 1.82) is 0 Å². The molecule has 0 saturated carbocycles. The Bertz CT molecular complexity index is 333. The Labute approximate surface area is 98.8 Å². The van der Waals surface area contributed by atoms with Crippen molar-refractivity contribution in [1.82, 2.24) is 0 Å².